The van der Waals surface area contributed by atoms with Gasteiger partial charge in [-0.1, -0.05) is 46.3 Å². The van der Waals surface area contributed by atoms with Gasteiger partial charge in [0.15, 0.2) is 0 Å². The van der Waals surface area contributed by atoms with Gasteiger partial charge in [-0.05, 0) is 18.3 Å². The van der Waals surface area contributed by atoms with E-state index in [2.05, 4.69) is 46.9 Å². The molecule has 1 atom stereocenters. The number of hydrogen-bond acceptors (Lipinski definition) is 1. The van der Waals surface area contributed by atoms with E-state index >= 15 is 0 Å². The van der Waals surface area contributed by atoms with Crippen LogP contribution in [0, 0.1) is 5.41 Å². The third kappa shape index (κ3) is 4.87. The van der Waals surface area contributed by atoms with Crippen LogP contribution in [-0.2, 0) is 0 Å². The van der Waals surface area contributed by atoms with Crippen molar-refractivity contribution in [3.05, 3.63) is 12.2 Å². The lowest BCUT2D eigenvalue weighted by Crippen LogP contribution is -2.21. The van der Waals surface area contributed by atoms with Crippen LogP contribution in [0.5, 0.6) is 0 Å². The van der Waals surface area contributed by atoms with Gasteiger partial charge in [0.05, 0.1) is 0 Å². The summed E-state index contributed by atoms with van der Waals surface area (Å²) in [6, 6.07) is 0. The fraction of sp³-hybridized carbons (Fsp3) is 0.818. The average Bonchev–Trinajstić information content (AvgIpc) is 1.85. The summed E-state index contributed by atoms with van der Waals surface area (Å²) in [7, 11) is 0. The smallest absolute Gasteiger partial charge is 0.0102 e. The first-order valence-electron chi connectivity index (χ1n) is 4.72. The van der Waals surface area contributed by atoms with E-state index in [0.717, 1.165) is 12.8 Å². The molecular formula is C11H22S. The van der Waals surface area contributed by atoms with Crippen LogP contribution >= 0.6 is 12.6 Å². The Hall–Kier alpha value is 0.0900. The molecule has 0 nitrogen and oxygen atoms in total. The Bertz CT molecular complexity index is 142. The van der Waals surface area contributed by atoms with Gasteiger partial charge in [-0.2, -0.15) is 12.6 Å². The Labute approximate surface area is 82.9 Å². The van der Waals surface area contributed by atoms with Crippen molar-refractivity contribution in [2.24, 2.45) is 5.41 Å². The number of allylic oxidation sites excluding steroid dienone is 1. The van der Waals surface area contributed by atoms with E-state index in [1.165, 1.54) is 12.0 Å². The van der Waals surface area contributed by atoms with Gasteiger partial charge in [0, 0.05) is 5.25 Å². The molecule has 0 saturated carbocycles. The van der Waals surface area contributed by atoms with E-state index in [1.807, 2.05) is 0 Å². The van der Waals surface area contributed by atoms with E-state index in [1.54, 1.807) is 0 Å². The maximum absolute atomic E-state index is 4.58. The molecule has 0 spiro atoms. The van der Waals surface area contributed by atoms with Crippen molar-refractivity contribution >= 4 is 12.6 Å². The second-order valence-corrected chi connectivity index (χ2v) is 5.21. The van der Waals surface area contributed by atoms with Crippen molar-refractivity contribution < 1.29 is 0 Å². The fourth-order valence-corrected chi connectivity index (χ4v) is 1.29. The zero-order chi connectivity index (χ0) is 9.78. The molecule has 72 valence electrons. The van der Waals surface area contributed by atoms with Crippen LogP contribution in [0.2, 0.25) is 0 Å². The van der Waals surface area contributed by atoms with Gasteiger partial charge in [0.2, 0.25) is 0 Å². The molecule has 0 aromatic heterocycles. The molecule has 0 rings (SSSR count). The second-order valence-electron chi connectivity index (χ2n) is 4.59. The van der Waals surface area contributed by atoms with Crippen LogP contribution in [0.3, 0.4) is 0 Å². The average molecular weight is 186 g/mol. The van der Waals surface area contributed by atoms with Crippen molar-refractivity contribution in [2.45, 2.75) is 52.2 Å². The minimum atomic E-state index is 0.291. The molecule has 1 heteroatoms. The molecule has 0 aliphatic carbocycles. The third-order valence-corrected chi connectivity index (χ3v) is 3.04. The van der Waals surface area contributed by atoms with Crippen molar-refractivity contribution in [1.82, 2.24) is 0 Å². The summed E-state index contributed by atoms with van der Waals surface area (Å²) in [5.41, 5.74) is 1.63. The number of thiol groups is 1. The molecule has 0 heterocycles. The molecule has 0 bridgehead atoms. The Balaban J connectivity index is 3.84. The third-order valence-electron chi connectivity index (χ3n) is 2.09. The van der Waals surface area contributed by atoms with Crippen molar-refractivity contribution in [3.63, 3.8) is 0 Å². The van der Waals surface area contributed by atoms with Gasteiger partial charge in [-0.3, -0.25) is 0 Å². The number of hydrogen-bond donors (Lipinski definition) is 1. The van der Waals surface area contributed by atoms with Crippen LogP contribution in [-0.4, -0.2) is 5.25 Å². The van der Waals surface area contributed by atoms with Crippen LogP contribution < -0.4 is 0 Å². The molecule has 0 aromatic rings. The zero-order valence-corrected chi connectivity index (χ0v) is 9.75. The lowest BCUT2D eigenvalue weighted by Gasteiger charge is -2.26. The van der Waals surface area contributed by atoms with Gasteiger partial charge in [0.1, 0.15) is 0 Å². The molecule has 0 amide bonds. The molecule has 0 radical (unpaired) electrons. The molecule has 0 aromatic carbocycles. The van der Waals surface area contributed by atoms with E-state index in [9.17, 15) is 0 Å². The van der Waals surface area contributed by atoms with Gasteiger partial charge in [-0.25, -0.2) is 0 Å². The summed E-state index contributed by atoms with van der Waals surface area (Å²) in [6.07, 6.45) is 3.40. The summed E-state index contributed by atoms with van der Waals surface area (Å²) in [6.45, 7) is 12.9. The molecule has 12 heavy (non-hydrogen) atoms. The summed E-state index contributed by atoms with van der Waals surface area (Å²) in [5.74, 6) is 0. The highest BCUT2D eigenvalue weighted by Crippen LogP contribution is 2.29. The highest BCUT2D eigenvalue weighted by molar-refractivity contribution is 7.81. The van der Waals surface area contributed by atoms with E-state index in [-0.39, 0.29) is 0 Å². The summed E-state index contributed by atoms with van der Waals surface area (Å²) >= 11 is 4.58. The fourth-order valence-electron chi connectivity index (χ4n) is 1.04. The predicted molar refractivity (Wildman–Crippen MR) is 60.9 cm³/mol. The van der Waals surface area contributed by atoms with Crippen molar-refractivity contribution in [3.8, 4) is 0 Å². The summed E-state index contributed by atoms with van der Waals surface area (Å²) in [5, 5.41) is 0.441. The van der Waals surface area contributed by atoms with Crippen LogP contribution in [0.1, 0.15) is 47.0 Å². The van der Waals surface area contributed by atoms with Gasteiger partial charge >= 0.3 is 0 Å². The molecule has 1 unspecified atom stereocenters. The van der Waals surface area contributed by atoms with Gasteiger partial charge in [0.25, 0.3) is 0 Å². The highest BCUT2D eigenvalue weighted by Gasteiger charge is 2.20. The van der Waals surface area contributed by atoms with Crippen molar-refractivity contribution in [2.75, 3.05) is 0 Å². The molecular weight excluding hydrogens is 164 g/mol. The minimum absolute atomic E-state index is 0.291. The lowest BCUT2D eigenvalue weighted by molar-refractivity contribution is 0.392. The largest absolute Gasteiger partial charge is 0.175 e. The Morgan fingerprint density at radius 1 is 1.42 bits per heavy atom. The predicted octanol–water partition coefficient (Wildman–Crippen LogP) is 4.08. The molecule has 0 saturated heterocycles. The lowest BCUT2D eigenvalue weighted by atomic mass is 9.87. The maximum atomic E-state index is 4.58. The van der Waals surface area contributed by atoms with Gasteiger partial charge < -0.3 is 0 Å². The molecule has 0 N–H and O–H groups in total. The molecule has 0 aliphatic rings. The summed E-state index contributed by atoms with van der Waals surface area (Å²) < 4.78 is 0. The molecule has 0 fully saturated rings. The van der Waals surface area contributed by atoms with Crippen molar-refractivity contribution in [1.29, 1.82) is 0 Å². The van der Waals surface area contributed by atoms with E-state index in [4.69, 9.17) is 0 Å². The molecule has 0 aliphatic heterocycles. The maximum Gasteiger partial charge on any atom is 0.0102 e. The SMILES string of the molecule is C=C(CCC)CC(S)C(C)(C)C. The van der Waals surface area contributed by atoms with Crippen LogP contribution in [0.25, 0.3) is 0 Å². The second kappa shape index (κ2) is 4.96. The Kier molecular flexibility index (Phi) is 5.00. The highest BCUT2D eigenvalue weighted by atomic mass is 32.1. The van der Waals surface area contributed by atoms with Crippen LogP contribution in [0.15, 0.2) is 12.2 Å². The first-order valence-corrected chi connectivity index (χ1v) is 5.24. The monoisotopic (exact) mass is 186 g/mol. The Morgan fingerprint density at radius 3 is 2.25 bits per heavy atom. The van der Waals surface area contributed by atoms with E-state index in [0.29, 0.717) is 10.7 Å². The summed E-state index contributed by atoms with van der Waals surface area (Å²) in [4.78, 5) is 0. The van der Waals surface area contributed by atoms with E-state index < -0.39 is 0 Å². The zero-order valence-electron chi connectivity index (χ0n) is 8.85. The van der Waals surface area contributed by atoms with Crippen LogP contribution in [0.4, 0.5) is 0 Å². The van der Waals surface area contributed by atoms with Gasteiger partial charge in [-0.15, -0.1) is 0 Å². The first kappa shape index (κ1) is 12.1. The minimum Gasteiger partial charge on any atom is -0.175 e. The number of rotatable bonds is 4. The normalized spacial score (nSPS) is 14.4. The standard InChI is InChI=1S/C11H22S/c1-6-7-9(2)8-10(12)11(3,4)5/h10,12H,2,6-8H2,1,3-5H3. The first-order chi connectivity index (χ1) is 5.38. The Morgan fingerprint density at radius 2 is 1.92 bits per heavy atom. The topological polar surface area (TPSA) is 0 Å². The quantitative estimate of drug-likeness (QED) is 0.496.